The van der Waals surface area contributed by atoms with Crippen LogP contribution in [0.3, 0.4) is 0 Å². The maximum atomic E-state index is 5.88. The Hall–Kier alpha value is -2.56. The smallest absolute Gasteiger partial charge is 0.213 e. The zero-order chi connectivity index (χ0) is 18.4. The first-order valence-corrected chi connectivity index (χ1v) is 8.78. The van der Waals surface area contributed by atoms with Crippen LogP contribution in [0.5, 0.6) is 11.6 Å². The number of nitrogens with two attached hydrogens (primary N) is 1. The summed E-state index contributed by atoms with van der Waals surface area (Å²) < 4.78 is 11.6. The van der Waals surface area contributed by atoms with Crippen molar-refractivity contribution in [3.8, 4) is 22.8 Å². The Balaban J connectivity index is 0.00000261. The Morgan fingerprint density at radius 2 is 1.70 bits per heavy atom. The fraction of sp³-hybridized carbons (Fsp3) is 0.227. The highest BCUT2D eigenvalue weighted by atomic mass is 35.5. The second-order valence-electron chi connectivity index (χ2n) is 6.35. The number of benzene rings is 2. The Morgan fingerprint density at radius 3 is 2.33 bits per heavy atom. The number of rotatable bonds is 7. The number of halogens is 1. The lowest BCUT2D eigenvalue weighted by Crippen LogP contribution is -2.09. The molecule has 2 N–H and O–H groups in total. The van der Waals surface area contributed by atoms with Crippen LogP contribution in [0.25, 0.3) is 11.1 Å². The van der Waals surface area contributed by atoms with E-state index in [9.17, 15) is 0 Å². The van der Waals surface area contributed by atoms with Crippen LogP contribution < -0.4 is 15.2 Å². The number of hydrogen-bond acceptors (Lipinski definition) is 4. The van der Waals surface area contributed by atoms with Crippen molar-refractivity contribution in [2.45, 2.75) is 33.1 Å². The molecular weight excluding hydrogens is 360 g/mol. The van der Waals surface area contributed by atoms with Gasteiger partial charge in [0.25, 0.3) is 0 Å². The van der Waals surface area contributed by atoms with Gasteiger partial charge in [0.05, 0.1) is 6.10 Å². The van der Waals surface area contributed by atoms with Gasteiger partial charge in [-0.2, -0.15) is 0 Å². The summed E-state index contributed by atoms with van der Waals surface area (Å²) in [6.07, 6.45) is 1.92. The number of aromatic nitrogens is 1. The normalized spacial score (nSPS) is 10.4. The number of nitrogens with zero attached hydrogens (tertiary/aromatic N) is 1. The molecule has 0 aliphatic carbocycles. The second kappa shape index (κ2) is 9.95. The van der Waals surface area contributed by atoms with Gasteiger partial charge in [0.1, 0.15) is 12.4 Å². The molecule has 0 spiro atoms. The van der Waals surface area contributed by atoms with Crippen molar-refractivity contribution in [1.82, 2.24) is 4.98 Å². The lowest BCUT2D eigenvalue weighted by Gasteiger charge is -2.15. The third-order valence-corrected chi connectivity index (χ3v) is 3.95. The molecule has 2 aromatic carbocycles. The SMILES string of the molecule is CC(C)Oc1cc(-c2ccc(OCc3ccccc3)nc2)ccc1CN.Cl. The quantitative estimate of drug-likeness (QED) is 0.623. The monoisotopic (exact) mass is 384 g/mol. The molecule has 27 heavy (non-hydrogen) atoms. The fourth-order valence-electron chi connectivity index (χ4n) is 2.63. The van der Waals surface area contributed by atoms with E-state index in [4.69, 9.17) is 15.2 Å². The zero-order valence-corrected chi connectivity index (χ0v) is 16.4. The molecule has 5 heteroatoms. The summed E-state index contributed by atoms with van der Waals surface area (Å²) in [5.74, 6) is 1.43. The number of ether oxygens (including phenoxy) is 2. The van der Waals surface area contributed by atoms with Crippen LogP contribution in [0.2, 0.25) is 0 Å². The van der Waals surface area contributed by atoms with Gasteiger partial charge in [-0.3, -0.25) is 0 Å². The molecular formula is C22H25ClN2O2. The highest BCUT2D eigenvalue weighted by Crippen LogP contribution is 2.28. The molecule has 1 aromatic heterocycles. The number of pyridine rings is 1. The molecule has 0 fully saturated rings. The van der Waals surface area contributed by atoms with Gasteiger partial charge in [0, 0.05) is 29.9 Å². The Bertz CT molecular complexity index is 837. The third-order valence-electron chi connectivity index (χ3n) is 3.95. The van der Waals surface area contributed by atoms with Crippen molar-refractivity contribution in [2.75, 3.05) is 0 Å². The van der Waals surface area contributed by atoms with Crippen molar-refractivity contribution in [2.24, 2.45) is 5.73 Å². The molecule has 142 valence electrons. The van der Waals surface area contributed by atoms with Crippen molar-refractivity contribution in [1.29, 1.82) is 0 Å². The minimum atomic E-state index is 0. The van der Waals surface area contributed by atoms with Crippen LogP contribution in [-0.2, 0) is 13.2 Å². The van der Waals surface area contributed by atoms with Crippen LogP contribution in [0, 0.1) is 0 Å². The molecule has 0 aliphatic rings. The number of hydrogen-bond donors (Lipinski definition) is 1. The maximum absolute atomic E-state index is 5.88. The summed E-state index contributed by atoms with van der Waals surface area (Å²) in [7, 11) is 0. The van der Waals surface area contributed by atoms with Crippen LogP contribution in [0.4, 0.5) is 0 Å². The van der Waals surface area contributed by atoms with E-state index in [0.29, 0.717) is 19.0 Å². The van der Waals surface area contributed by atoms with Crippen molar-refractivity contribution in [3.63, 3.8) is 0 Å². The molecule has 3 rings (SSSR count). The van der Waals surface area contributed by atoms with Crippen LogP contribution in [0.1, 0.15) is 25.0 Å². The summed E-state index contributed by atoms with van der Waals surface area (Å²) in [5.41, 5.74) is 9.97. The van der Waals surface area contributed by atoms with Crippen LogP contribution in [0.15, 0.2) is 66.9 Å². The largest absolute Gasteiger partial charge is 0.491 e. The van der Waals surface area contributed by atoms with Gasteiger partial charge in [-0.25, -0.2) is 4.98 Å². The van der Waals surface area contributed by atoms with E-state index in [1.165, 1.54) is 0 Å². The maximum Gasteiger partial charge on any atom is 0.213 e. The van der Waals surface area contributed by atoms with Crippen molar-refractivity contribution >= 4 is 12.4 Å². The summed E-state index contributed by atoms with van der Waals surface area (Å²) in [6, 6.07) is 20.0. The van der Waals surface area contributed by atoms with Gasteiger partial charge < -0.3 is 15.2 Å². The first-order chi connectivity index (χ1) is 12.7. The fourth-order valence-corrected chi connectivity index (χ4v) is 2.63. The van der Waals surface area contributed by atoms with E-state index in [0.717, 1.165) is 28.0 Å². The molecule has 3 aromatic rings. The first-order valence-electron chi connectivity index (χ1n) is 8.78. The molecule has 0 saturated heterocycles. The molecule has 0 unspecified atom stereocenters. The minimum Gasteiger partial charge on any atom is -0.491 e. The van der Waals surface area contributed by atoms with E-state index < -0.39 is 0 Å². The van der Waals surface area contributed by atoms with Gasteiger partial charge in [0.15, 0.2) is 0 Å². The van der Waals surface area contributed by atoms with Crippen LogP contribution in [-0.4, -0.2) is 11.1 Å². The summed E-state index contributed by atoms with van der Waals surface area (Å²) in [6.45, 7) is 4.97. The molecule has 0 aliphatic heterocycles. The molecule has 4 nitrogen and oxygen atoms in total. The van der Waals surface area contributed by atoms with E-state index in [1.54, 1.807) is 0 Å². The predicted molar refractivity (Wildman–Crippen MR) is 111 cm³/mol. The highest BCUT2D eigenvalue weighted by Gasteiger charge is 2.08. The van der Waals surface area contributed by atoms with Crippen molar-refractivity contribution < 1.29 is 9.47 Å². The van der Waals surface area contributed by atoms with Gasteiger partial charge in [-0.05, 0) is 37.1 Å². The van der Waals surface area contributed by atoms with Crippen LogP contribution >= 0.6 is 12.4 Å². The first kappa shape index (κ1) is 20.7. The average Bonchev–Trinajstić information content (AvgIpc) is 2.67. The Labute approximate surface area is 166 Å². The van der Waals surface area contributed by atoms with Gasteiger partial charge in [0.2, 0.25) is 5.88 Å². The second-order valence-corrected chi connectivity index (χ2v) is 6.35. The van der Waals surface area contributed by atoms with Crippen molar-refractivity contribution in [3.05, 3.63) is 78.0 Å². The lowest BCUT2D eigenvalue weighted by molar-refractivity contribution is 0.240. The molecule has 0 radical (unpaired) electrons. The summed E-state index contributed by atoms with van der Waals surface area (Å²) >= 11 is 0. The third kappa shape index (κ3) is 5.71. The molecule has 0 amide bonds. The zero-order valence-electron chi connectivity index (χ0n) is 15.6. The average molecular weight is 385 g/mol. The highest BCUT2D eigenvalue weighted by molar-refractivity contribution is 5.85. The van der Waals surface area contributed by atoms with Gasteiger partial charge >= 0.3 is 0 Å². The van der Waals surface area contributed by atoms with E-state index in [2.05, 4.69) is 4.98 Å². The summed E-state index contributed by atoms with van der Waals surface area (Å²) in [5, 5.41) is 0. The van der Waals surface area contributed by atoms with Gasteiger partial charge in [-0.1, -0.05) is 42.5 Å². The summed E-state index contributed by atoms with van der Waals surface area (Å²) in [4.78, 5) is 4.42. The topological polar surface area (TPSA) is 57.4 Å². The van der Waals surface area contributed by atoms with E-state index in [-0.39, 0.29) is 18.5 Å². The molecule has 0 atom stereocenters. The minimum absolute atomic E-state index is 0. The van der Waals surface area contributed by atoms with Gasteiger partial charge in [-0.15, -0.1) is 12.4 Å². The lowest BCUT2D eigenvalue weighted by atomic mass is 10.0. The Kier molecular flexibility index (Phi) is 7.65. The standard InChI is InChI=1S/C22H24N2O2.ClH/c1-16(2)26-21-12-18(8-9-19(21)13-23)20-10-11-22(24-14-20)25-15-17-6-4-3-5-7-17;/h3-12,14,16H,13,15,23H2,1-2H3;1H. The molecule has 0 bridgehead atoms. The Morgan fingerprint density at radius 1 is 0.963 bits per heavy atom. The predicted octanol–water partition coefficient (Wildman–Crippen LogP) is 5.00. The van der Waals surface area contributed by atoms with E-state index >= 15 is 0 Å². The van der Waals surface area contributed by atoms with E-state index in [1.807, 2.05) is 80.7 Å². The molecule has 1 heterocycles. The molecule has 0 saturated carbocycles.